The maximum atomic E-state index is 10.4. The van der Waals surface area contributed by atoms with Crippen LogP contribution in [0.4, 0.5) is 0 Å². The smallest absolute Gasteiger partial charge is 0.333 e. The van der Waals surface area contributed by atoms with Crippen molar-refractivity contribution in [1.82, 2.24) is 0 Å². The topological polar surface area (TPSA) is 35.5 Å². The first-order chi connectivity index (χ1) is 4.20. The minimum Gasteiger partial charge on any atom is -0.501 e. The molecule has 0 aromatic carbocycles. The Morgan fingerprint density at radius 2 is 1.89 bits per heavy atom. The van der Waals surface area contributed by atoms with Gasteiger partial charge in [-0.25, -0.2) is 4.79 Å². The normalized spacial score (nSPS) is 10.8. The summed E-state index contributed by atoms with van der Waals surface area (Å²) < 4.78 is 9.01. The first-order valence-electron chi connectivity index (χ1n) is 2.51. The van der Waals surface area contributed by atoms with Crippen LogP contribution in [0.1, 0.15) is 6.92 Å². The predicted molar refractivity (Wildman–Crippen MR) is 32.8 cm³/mol. The van der Waals surface area contributed by atoms with Crippen molar-refractivity contribution in [3.8, 4) is 0 Å². The van der Waals surface area contributed by atoms with Gasteiger partial charge in [0.1, 0.15) is 0 Å². The Labute approximate surface area is 54.3 Å². The van der Waals surface area contributed by atoms with Crippen molar-refractivity contribution in [3.05, 3.63) is 11.8 Å². The van der Waals surface area contributed by atoms with Crippen molar-refractivity contribution in [3.63, 3.8) is 0 Å². The monoisotopic (exact) mass is 130 g/mol. The average Bonchev–Trinajstić information content (AvgIpc) is 1.87. The van der Waals surface area contributed by atoms with E-state index in [1.165, 1.54) is 20.3 Å². The Balaban J connectivity index is 3.79. The molecule has 0 amide bonds. The van der Waals surface area contributed by atoms with Gasteiger partial charge in [-0.2, -0.15) is 0 Å². The molecular weight excluding hydrogens is 120 g/mol. The van der Waals surface area contributed by atoms with E-state index in [1.807, 2.05) is 0 Å². The molecule has 0 saturated carbocycles. The molecule has 9 heavy (non-hydrogen) atoms. The molecule has 0 N–H and O–H groups in total. The highest BCUT2D eigenvalue weighted by Crippen LogP contribution is 1.91. The first-order valence-corrected chi connectivity index (χ1v) is 2.51. The molecule has 0 heterocycles. The molecule has 0 aliphatic carbocycles. The van der Waals surface area contributed by atoms with E-state index in [0.29, 0.717) is 5.76 Å². The van der Waals surface area contributed by atoms with Gasteiger partial charge < -0.3 is 9.47 Å². The van der Waals surface area contributed by atoms with Gasteiger partial charge in [0, 0.05) is 0 Å². The SMILES string of the molecule is COC(=O)C=C(C)OC. The Morgan fingerprint density at radius 3 is 2.22 bits per heavy atom. The third-order valence-electron chi connectivity index (χ3n) is 0.844. The standard InChI is InChI=1S/C6H10O3/c1-5(8-2)4-6(7)9-3/h4H,1-3H3. The van der Waals surface area contributed by atoms with Crippen LogP contribution in [0, 0.1) is 0 Å². The van der Waals surface area contributed by atoms with Gasteiger partial charge in [-0.3, -0.25) is 0 Å². The van der Waals surface area contributed by atoms with Gasteiger partial charge in [0.05, 0.1) is 26.1 Å². The summed E-state index contributed by atoms with van der Waals surface area (Å²) >= 11 is 0. The average molecular weight is 130 g/mol. The van der Waals surface area contributed by atoms with E-state index in [-0.39, 0.29) is 0 Å². The van der Waals surface area contributed by atoms with Crippen molar-refractivity contribution in [1.29, 1.82) is 0 Å². The van der Waals surface area contributed by atoms with E-state index in [0.717, 1.165) is 0 Å². The van der Waals surface area contributed by atoms with Crippen LogP contribution in [0.25, 0.3) is 0 Å². The highest BCUT2D eigenvalue weighted by molar-refractivity contribution is 5.82. The van der Waals surface area contributed by atoms with Crippen LogP contribution < -0.4 is 0 Å². The van der Waals surface area contributed by atoms with Crippen LogP contribution in [0.3, 0.4) is 0 Å². The van der Waals surface area contributed by atoms with Gasteiger partial charge in [-0.05, 0) is 6.92 Å². The van der Waals surface area contributed by atoms with Gasteiger partial charge >= 0.3 is 5.97 Å². The second-order valence-electron chi connectivity index (χ2n) is 1.48. The minimum absolute atomic E-state index is 0.394. The molecule has 0 saturated heterocycles. The summed E-state index contributed by atoms with van der Waals surface area (Å²) in [5, 5.41) is 0. The van der Waals surface area contributed by atoms with Gasteiger partial charge in [-0.15, -0.1) is 0 Å². The molecule has 3 nitrogen and oxygen atoms in total. The fourth-order valence-electron chi connectivity index (χ4n) is 0.284. The molecule has 0 aliphatic rings. The number of hydrogen-bond donors (Lipinski definition) is 0. The molecule has 0 fully saturated rings. The van der Waals surface area contributed by atoms with E-state index in [4.69, 9.17) is 0 Å². The van der Waals surface area contributed by atoms with Gasteiger partial charge in [0.25, 0.3) is 0 Å². The number of carbonyl (C=O) groups excluding carboxylic acids is 1. The Bertz CT molecular complexity index is 126. The second kappa shape index (κ2) is 3.95. The number of esters is 1. The zero-order chi connectivity index (χ0) is 7.28. The van der Waals surface area contributed by atoms with Crippen LogP contribution >= 0.6 is 0 Å². The van der Waals surface area contributed by atoms with E-state index in [9.17, 15) is 4.79 Å². The lowest BCUT2D eigenvalue weighted by molar-refractivity contribution is -0.135. The number of ether oxygens (including phenoxy) is 2. The third-order valence-corrected chi connectivity index (χ3v) is 0.844. The number of rotatable bonds is 2. The summed E-state index contributed by atoms with van der Waals surface area (Å²) in [4.78, 5) is 10.4. The molecular formula is C6H10O3. The molecule has 0 spiro atoms. The third kappa shape index (κ3) is 3.58. The number of carbonyl (C=O) groups is 1. The van der Waals surface area contributed by atoms with E-state index in [1.54, 1.807) is 6.92 Å². The van der Waals surface area contributed by atoms with Crippen LogP contribution in [0.15, 0.2) is 11.8 Å². The molecule has 3 heteroatoms. The molecule has 0 radical (unpaired) electrons. The molecule has 0 rings (SSSR count). The Hall–Kier alpha value is -0.990. The Morgan fingerprint density at radius 1 is 1.33 bits per heavy atom. The second-order valence-corrected chi connectivity index (χ2v) is 1.48. The largest absolute Gasteiger partial charge is 0.501 e. The van der Waals surface area contributed by atoms with Crippen molar-refractivity contribution in [2.75, 3.05) is 14.2 Å². The van der Waals surface area contributed by atoms with Gasteiger partial charge in [0.15, 0.2) is 0 Å². The number of methoxy groups -OCH3 is 2. The zero-order valence-electron chi connectivity index (χ0n) is 5.80. The highest BCUT2D eigenvalue weighted by atomic mass is 16.5. The van der Waals surface area contributed by atoms with Gasteiger partial charge in [0.2, 0.25) is 0 Å². The van der Waals surface area contributed by atoms with Crippen molar-refractivity contribution >= 4 is 5.97 Å². The summed E-state index contributed by atoms with van der Waals surface area (Å²) in [6.45, 7) is 1.68. The van der Waals surface area contributed by atoms with Crippen LogP contribution in [0.5, 0.6) is 0 Å². The molecule has 0 aromatic heterocycles. The molecule has 0 atom stereocenters. The van der Waals surface area contributed by atoms with Crippen LogP contribution in [-0.4, -0.2) is 20.2 Å². The lowest BCUT2D eigenvalue weighted by Gasteiger charge is -1.95. The maximum absolute atomic E-state index is 10.4. The minimum atomic E-state index is -0.394. The molecule has 0 unspecified atom stereocenters. The van der Waals surface area contributed by atoms with Crippen LogP contribution in [0.2, 0.25) is 0 Å². The maximum Gasteiger partial charge on any atom is 0.333 e. The summed E-state index contributed by atoms with van der Waals surface area (Å²) in [5.41, 5.74) is 0. The van der Waals surface area contributed by atoms with Gasteiger partial charge in [-0.1, -0.05) is 0 Å². The van der Waals surface area contributed by atoms with Crippen LogP contribution in [-0.2, 0) is 14.3 Å². The van der Waals surface area contributed by atoms with Crippen molar-refractivity contribution < 1.29 is 14.3 Å². The predicted octanol–water partition coefficient (Wildman–Crippen LogP) is 0.710. The molecule has 0 bridgehead atoms. The Kier molecular flexibility index (Phi) is 3.51. The van der Waals surface area contributed by atoms with Crippen molar-refractivity contribution in [2.45, 2.75) is 6.92 Å². The number of hydrogen-bond acceptors (Lipinski definition) is 3. The summed E-state index contributed by atoms with van der Waals surface area (Å²) in [6, 6.07) is 0. The molecule has 0 aromatic rings. The van der Waals surface area contributed by atoms with Crippen molar-refractivity contribution in [2.24, 2.45) is 0 Å². The summed E-state index contributed by atoms with van der Waals surface area (Å²) in [6.07, 6.45) is 1.28. The highest BCUT2D eigenvalue weighted by Gasteiger charge is 1.93. The molecule has 52 valence electrons. The van der Waals surface area contributed by atoms with E-state index >= 15 is 0 Å². The number of allylic oxidation sites excluding steroid dienone is 1. The fraction of sp³-hybridized carbons (Fsp3) is 0.500. The fourth-order valence-corrected chi connectivity index (χ4v) is 0.284. The summed E-state index contributed by atoms with van der Waals surface area (Å²) in [7, 11) is 2.82. The zero-order valence-corrected chi connectivity index (χ0v) is 5.80. The quantitative estimate of drug-likeness (QED) is 0.314. The van der Waals surface area contributed by atoms with E-state index in [2.05, 4.69) is 9.47 Å². The van der Waals surface area contributed by atoms with E-state index < -0.39 is 5.97 Å². The first kappa shape index (κ1) is 8.01. The lowest BCUT2D eigenvalue weighted by Crippen LogP contribution is -1.96. The summed E-state index contributed by atoms with van der Waals surface area (Å²) in [5.74, 6) is 0.149. The molecule has 0 aliphatic heterocycles. The lowest BCUT2D eigenvalue weighted by atomic mass is 10.5.